The Labute approximate surface area is 183 Å². The van der Waals surface area contributed by atoms with Gasteiger partial charge < -0.3 is 14.8 Å². The molecule has 1 N–H and O–H groups in total. The molecule has 1 aliphatic heterocycles. The fourth-order valence-electron chi connectivity index (χ4n) is 3.74. The zero-order valence-corrected chi connectivity index (χ0v) is 19.5. The first kappa shape index (κ1) is 22.7. The molecule has 1 atom stereocenters. The molecule has 0 unspecified atom stereocenters. The monoisotopic (exact) mass is 444 g/mol. The smallest absolute Gasteiger partial charge is 0.269 e. The lowest BCUT2D eigenvalue weighted by molar-refractivity contribution is -0.117. The number of carbonyl (C=O) groups excluding carboxylic acids is 1. The van der Waals surface area contributed by atoms with E-state index < -0.39 is 15.9 Å². The van der Waals surface area contributed by atoms with E-state index in [1.54, 1.807) is 19.1 Å². The van der Waals surface area contributed by atoms with Crippen molar-refractivity contribution in [2.45, 2.75) is 33.2 Å². The minimum Gasteiger partial charge on any atom is -0.493 e. The number of benzene rings is 2. The number of nitrogens with zero attached hydrogens (tertiary/aromatic N) is 1. The number of aryl methyl sites for hydroxylation is 1. The van der Waals surface area contributed by atoms with Crippen molar-refractivity contribution in [3.05, 3.63) is 58.0 Å². The van der Waals surface area contributed by atoms with Crippen LogP contribution in [0.3, 0.4) is 0 Å². The van der Waals surface area contributed by atoms with Crippen molar-refractivity contribution in [3.63, 3.8) is 0 Å². The maximum atomic E-state index is 13.3. The summed E-state index contributed by atoms with van der Waals surface area (Å²) in [6.07, 6.45) is 0.624. The van der Waals surface area contributed by atoms with Crippen molar-refractivity contribution in [1.29, 1.82) is 0 Å². The molecule has 2 aromatic rings. The van der Waals surface area contributed by atoms with Gasteiger partial charge in [-0.05, 0) is 37.5 Å². The van der Waals surface area contributed by atoms with Gasteiger partial charge in [0.1, 0.15) is 0 Å². The van der Waals surface area contributed by atoms with Gasteiger partial charge in [-0.15, -0.1) is 0 Å². The average molecular weight is 445 g/mol. The third kappa shape index (κ3) is 3.99. The highest BCUT2D eigenvalue weighted by atomic mass is 32.2. The minimum absolute atomic E-state index is 0.264. The zero-order chi connectivity index (χ0) is 22.9. The van der Waals surface area contributed by atoms with Crippen molar-refractivity contribution in [1.82, 2.24) is 5.32 Å². The molecule has 7 nitrogen and oxygen atoms in total. The van der Waals surface area contributed by atoms with Gasteiger partial charge in [0, 0.05) is 18.7 Å². The van der Waals surface area contributed by atoms with E-state index in [2.05, 4.69) is 5.32 Å². The number of allylic oxidation sites excluding steroid dienone is 1. The number of ether oxygens (including phenoxy) is 2. The van der Waals surface area contributed by atoms with Crippen LogP contribution < -0.4 is 19.1 Å². The summed E-state index contributed by atoms with van der Waals surface area (Å²) in [5.41, 5.74) is 3.43. The number of hydrogen-bond acceptors (Lipinski definition) is 5. The molecule has 0 aromatic heterocycles. The Morgan fingerprint density at radius 2 is 1.65 bits per heavy atom. The average Bonchev–Trinajstić information content (AvgIpc) is 2.75. The maximum absolute atomic E-state index is 13.3. The third-order valence-electron chi connectivity index (χ3n) is 5.60. The first-order valence-electron chi connectivity index (χ1n) is 9.99. The number of anilines is 1. The van der Waals surface area contributed by atoms with E-state index in [-0.39, 0.29) is 10.9 Å². The number of sulfonamides is 1. The molecule has 8 heteroatoms. The molecule has 166 valence electrons. The Morgan fingerprint density at radius 1 is 1.06 bits per heavy atom. The SMILES string of the molecule is CC[C@@H](NC(=O)C1=C(C)c2cc(OC)c(OC)cc2N(C)S1(=O)=O)c1ccc(C)cc1. The second-order valence-electron chi connectivity index (χ2n) is 7.50. The molecule has 0 radical (unpaired) electrons. The van der Waals surface area contributed by atoms with Gasteiger partial charge in [0.25, 0.3) is 15.9 Å². The molecular weight excluding hydrogens is 416 g/mol. The molecule has 3 rings (SSSR count). The van der Waals surface area contributed by atoms with Crippen LogP contribution in [0.1, 0.15) is 43.0 Å². The Hall–Kier alpha value is -3.00. The van der Waals surface area contributed by atoms with Crippen LogP contribution in [0.4, 0.5) is 5.69 Å². The van der Waals surface area contributed by atoms with Crippen LogP contribution in [0.25, 0.3) is 5.57 Å². The van der Waals surface area contributed by atoms with Gasteiger partial charge in [0.15, 0.2) is 16.4 Å². The number of amides is 1. The van der Waals surface area contributed by atoms with Crippen molar-refractivity contribution in [3.8, 4) is 11.5 Å². The topological polar surface area (TPSA) is 84.9 Å². The quantitative estimate of drug-likeness (QED) is 0.733. The molecule has 1 aliphatic rings. The molecule has 31 heavy (non-hydrogen) atoms. The Kier molecular flexibility index (Phi) is 6.31. The van der Waals surface area contributed by atoms with Crippen LogP contribution in [-0.2, 0) is 14.8 Å². The van der Waals surface area contributed by atoms with Crippen LogP contribution in [0.5, 0.6) is 11.5 Å². The lowest BCUT2D eigenvalue weighted by atomic mass is 10.0. The molecule has 1 heterocycles. The molecule has 0 spiro atoms. The molecule has 0 bridgehead atoms. The summed E-state index contributed by atoms with van der Waals surface area (Å²) < 4.78 is 38.3. The summed E-state index contributed by atoms with van der Waals surface area (Å²) in [4.78, 5) is 13.0. The maximum Gasteiger partial charge on any atom is 0.269 e. The molecular formula is C23H28N2O5S. The molecule has 1 amide bonds. The predicted octanol–water partition coefficient (Wildman–Crippen LogP) is 3.79. The van der Waals surface area contributed by atoms with Gasteiger partial charge in [0.05, 0.1) is 25.9 Å². The molecule has 0 aliphatic carbocycles. The lowest BCUT2D eigenvalue weighted by Gasteiger charge is -2.31. The van der Waals surface area contributed by atoms with Gasteiger partial charge in [-0.2, -0.15) is 0 Å². The van der Waals surface area contributed by atoms with Gasteiger partial charge >= 0.3 is 0 Å². The number of hydrogen-bond donors (Lipinski definition) is 1. The predicted molar refractivity (Wildman–Crippen MR) is 122 cm³/mol. The summed E-state index contributed by atoms with van der Waals surface area (Å²) in [6.45, 7) is 5.57. The van der Waals surface area contributed by atoms with Crippen LogP contribution in [0.2, 0.25) is 0 Å². The molecule has 2 aromatic carbocycles. The van der Waals surface area contributed by atoms with Gasteiger partial charge in [-0.1, -0.05) is 36.8 Å². The van der Waals surface area contributed by atoms with Crippen LogP contribution >= 0.6 is 0 Å². The normalized spacial score (nSPS) is 15.9. The Balaban J connectivity index is 2.08. The fourth-order valence-corrected chi connectivity index (χ4v) is 5.22. The van der Waals surface area contributed by atoms with Crippen molar-refractivity contribution in [2.75, 3.05) is 25.6 Å². The summed E-state index contributed by atoms with van der Waals surface area (Å²) in [5.74, 6) is 0.241. The number of carbonyl (C=O) groups is 1. The van der Waals surface area contributed by atoms with Crippen LogP contribution in [0, 0.1) is 6.92 Å². The van der Waals surface area contributed by atoms with E-state index >= 15 is 0 Å². The summed E-state index contributed by atoms with van der Waals surface area (Å²) in [6, 6.07) is 10.8. The lowest BCUT2D eigenvalue weighted by Crippen LogP contribution is -2.40. The summed E-state index contributed by atoms with van der Waals surface area (Å²) in [7, 11) is 0.374. The zero-order valence-electron chi connectivity index (χ0n) is 18.6. The van der Waals surface area contributed by atoms with Crippen LogP contribution in [-0.4, -0.2) is 35.6 Å². The minimum atomic E-state index is -4.05. The number of rotatable bonds is 6. The molecule has 0 fully saturated rings. The number of nitrogens with one attached hydrogen (secondary N) is 1. The van der Waals surface area contributed by atoms with E-state index in [1.165, 1.54) is 21.3 Å². The van der Waals surface area contributed by atoms with E-state index in [0.717, 1.165) is 15.4 Å². The summed E-state index contributed by atoms with van der Waals surface area (Å²) in [5, 5.41) is 2.90. The highest BCUT2D eigenvalue weighted by molar-refractivity contribution is 7.97. The Morgan fingerprint density at radius 3 is 2.19 bits per heavy atom. The van der Waals surface area contributed by atoms with E-state index in [4.69, 9.17) is 9.47 Å². The first-order chi connectivity index (χ1) is 14.6. The second kappa shape index (κ2) is 8.63. The highest BCUT2D eigenvalue weighted by Gasteiger charge is 2.39. The number of fused-ring (bicyclic) bond motifs is 1. The fraction of sp³-hybridized carbons (Fsp3) is 0.348. The third-order valence-corrected chi connectivity index (χ3v) is 7.53. The largest absolute Gasteiger partial charge is 0.493 e. The van der Waals surface area contributed by atoms with Gasteiger partial charge in [0.2, 0.25) is 0 Å². The highest BCUT2D eigenvalue weighted by Crippen LogP contribution is 2.44. The molecule has 0 saturated heterocycles. The standard InChI is InChI=1S/C23H28N2O5S/c1-7-18(16-10-8-14(2)9-11-16)24-23(26)22-15(3)17-12-20(29-5)21(30-6)13-19(17)25(4)31(22,27)28/h8-13,18H,7H2,1-6H3,(H,24,26)/t18-/m1/s1. The van der Waals surface area contributed by atoms with E-state index in [0.29, 0.717) is 34.7 Å². The van der Waals surface area contributed by atoms with Crippen LogP contribution in [0.15, 0.2) is 41.3 Å². The second-order valence-corrected chi connectivity index (χ2v) is 9.40. The van der Waals surface area contributed by atoms with E-state index in [1.807, 2.05) is 38.1 Å². The van der Waals surface area contributed by atoms with E-state index in [9.17, 15) is 13.2 Å². The van der Waals surface area contributed by atoms with Crippen molar-refractivity contribution in [2.24, 2.45) is 0 Å². The summed E-state index contributed by atoms with van der Waals surface area (Å²) >= 11 is 0. The van der Waals surface area contributed by atoms with Crippen molar-refractivity contribution >= 4 is 27.2 Å². The molecule has 0 saturated carbocycles. The first-order valence-corrected chi connectivity index (χ1v) is 11.4. The number of methoxy groups -OCH3 is 2. The van der Waals surface area contributed by atoms with Gasteiger partial charge in [-0.3, -0.25) is 9.10 Å². The van der Waals surface area contributed by atoms with Crippen molar-refractivity contribution < 1.29 is 22.7 Å². The Bertz CT molecular complexity index is 1140. The van der Waals surface area contributed by atoms with Gasteiger partial charge in [-0.25, -0.2) is 8.42 Å².